The highest BCUT2D eigenvalue weighted by Crippen LogP contribution is 2.22. The van der Waals surface area contributed by atoms with Gasteiger partial charge in [0.1, 0.15) is 0 Å². The minimum absolute atomic E-state index is 0.00245. The van der Waals surface area contributed by atoms with Gasteiger partial charge in [0.15, 0.2) is 0 Å². The zero-order valence-corrected chi connectivity index (χ0v) is 15.6. The fraction of sp³-hybridized carbons (Fsp3) is 0.650. The van der Waals surface area contributed by atoms with Crippen LogP contribution in [0.25, 0.3) is 0 Å². The zero-order chi connectivity index (χ0) is 17.5. The number of carbonyl (C=O) groups excluding carboxylic acids is 1. The largest absolute Gasteiger partial charge is 0.352 e. The SMILES string of the molecule is CNCC(C)C(=O)NCc1ccc(CN2CC(C)CC(C)C2)cc1. The molecule has 24 heavy (non-hydrogen) atoms. The molecule has 1 aliphatic rings. The Morgan fingerprint density at radius 1 is 1.17 bits per heavy atom. The van der Waals surface area contributed by atoms with Crippen molar-refractivity contribution in [3.8, 4) is 0 Å². The van der Waals surface area contributed by atoms with E-state index in [-0.39, 0.29) is 11.8 Å². The highest BCUT2D eigenvalue weighted by molar-refractivity contribution is 5.78. The van der Waals surface area contributed by atoms with Crippen LogP contribution >= 0.6 is 0 Å². The Bertz CT molecular complexity index is 504. The molecule has 4 nitrogen and oxygen atoms in total. The lowest BCUT2D eigenvalue weighted by molar-refractivity contribution is -0.124. The lowest BCUT2D eigenvalue weighted by atomic mass is 9.91. The van der Waals surface area contributed by atoms with E-state index in [0.717, 1.165) is 23.9 Å². The van der Waals surface area contributed by atoms with Crippen molar-refractivity contribution in [1.29, 1.82) is 0 Å². The number of hydrogen-bond acceptors (Lipinski definition) is 3. The van der Waals surface area contributed by atoms with Gasteiger partial charge in [-0.25, -0.2) is 0 Å². The maximum Gasteiger partial charge on any atom is 0.224 e. The highest BCUT2D eigenvalue weighted by Gasteiger charge is 2.21. The first-order valence-corrected chi connectivity index (χ1v) is 9.20. The number of nitrogens with one attached hydrogen (secondary N) is 2. The maximum absolute atomic E-state index is 11.9. The lowest BCUT2D eigenvalue weighted by Gasteiger charge is -2.35. The Balaban J connectivity index is 1.81. The van der Waals surface area contributed by atoms with E-state index in [1.165, 1.54) is 25.1 Å². The van der Waals surface area contributed by atoms with Crippen LogP contribution in [0.1, 0.15) is 38.3 Å². The number of benzene rings is 1. The second-order valence-electron chi connectivity index (χ2n) is 7.63. The molecule has 0 bridgehead atoms. The van der Waals surface area contributed by atoms with Gasteiger partial charge in [0.25, 0.3) is 0 Å². The molecule has 0 spiro atoms. The second-order valence-corrected chi connectivity index (χ2v) is 7.63. The predicted octanol–water partition coefficient (Wildman–Crippen LogP) is 2.64. The molecule has 1 aromatic carbocycles. The highest BCUT2D eigenvalue weighted by atomic mass is 16.1. The van der Waals surface area contributed by atoms with Crippen LogP contribution in [0.15, 0.2) is 24.3 Å². The molecule has 1 aliphatic heterocycles. The molecule has 2 rings (SSSR count). The molecular formula is C20H33N3O. The fourth-order valence-corrected chi connectivity index (χ4v) is 3.70. The quantitative estimate of drug-likeness (QED) is 0.807. The molecule has 0 radical (unpaired) electrons. The van der Waals surface area contributed by atoms with Crippen molar-refractivity contribution in [2.45, 2.75) is 40.3 Å². The molecule has 0 aliphatic carbocycles. The van der Waals surface area contributed by atoms with Crippen molar-refractivity contribution in [3.63, 3.8) is 0 Å². The van der Waals surface area contributed by atoms with Crippen LogP contribution in [-0.4, -0.2) is 37.5 Å². The molecule has 134 valence electrons. The predicted molar refractivity (Wildman–Crippen MR) is 99.6 cm³/mol. The third-order valence-corrected chi connectivity index (χ3v) is 4.80. The van der Waals surface area contributed by atoms with Crippen molar-refractivity contribution in [2.75, 3.05) is 26.7 Å². The van der Waals surface area contributed by atoms with Gasteiger partial charge in [-0.3, -0.25) is 9.69 Å². The lowest BCUT2D eigenvalue weighted by Crippen LogP contribution is -2.38. The average molecular weight is 332 g/mol. The van der Waals surface area contributed by atoms with E-state index in [1.807, 2.05) is 14.0 Å². The molecule has 1 fully saturated rings. The van der Waals surface area contributed by atoms with E-state index in [4.69, 9.17) is 0 Å². The molecule has 1 amide bonds. The molecule has 2 N–H and O–H groups in total. The van der Waals surface area contributed by atoms with Gasteiger partial charge >= 0.3 is 0 Å². The third kappa shape index (κ3) is 5.91. The standard InChI is InChI=1S/C20H33N3O/c1-15-9-16(2)13-23(12-15)14-19-7-5-18(6-8-19)11-22-20(24)17(3)10-21-4/h5-8,15-17,21H,9-14H2,1-4H3,(H,22,24). The van der Waals surface area contributed by atoms with Gasteiger partial charge in [-0.05, 0) is 36.4 Å². The summed E-state index contributed by atoms with van der Waals surface area (Å²) in [4.78, 5) is 14.5. The number of rotatable bonds is 7. The Kier molecular flexibility index (Phi) is 7.25. The molecule has 3 unspecified atom stereocenters. The van der Waals surface area contributed by atoms with Crippen molar-refractivity contribution in [2.24, 2.45) is 17.8 Å². The van der Waals surface area contributed by atoms with Gasteiger partial charge in [0.2, 0.25) is 5.91 Å². The average Bonchev–Trinajstić information content (AvgIpc) is 2.53. The Morgan fingerprint density at radius 3 is 2.33 bits per heavy atom. The van der Waals surface area contributed by atoms with Gasteiger partial charge in [0.05, 0.1) is 0 Å². The van der Waals surface area contributed by atoms with Crippen molar-refractivity contribution < 1.29 is 4.79 Å². The van der Waals surface area contributed by atoms with Crippen LogP contribution in [-0.2, 0) is 17.9 Å². The summed E-state index contributed by atoms with van der Waals surface area (Å²) in [5.74, 6) is 1.69. The number of piperidine rings is 1. The van der Waals surface area contributed by atoms with Crippen LogP contribution in [0.2, 0.25) is 0 Å². The molecule has 0 saturated carbocycles. The maximum atomic E-state index is 11.9. The third-order valence-electron chi connectivity index (χ3n) is 4.80. The number of hydrogen-bond donors (Lipinski definition) is 2. The monoisotopic (exact) mass is 331 g/mol. The minimum Gasteiger partial charge on any atom is -0.352 e. The molecular weight excluding hydrogens is 298 g/mol. The molecule has 0 aromatic heterocycles. The first-order chi connectivity index (χ1) is 11.5. The Morgan fingerprint density at radius 2 is 1.75 bits per heavy atom. The number of nitrogens with zero attached hydrogens (tertiary/aromatic N) is 1. The Labute approximate surface area is 147 Å². The van der Waals surface area contributed by atoms with Crippen LogP contribution in [0.5, 0.6) is 0 Å². The molecule has 3 atom stereocenters. The van der Waals surface area contributed by atoms with E-state index in [1.54, 1.807) is 0 Å². The van der Waals surface area contributed by atoms with E-state index < -0.39 is 0 Å². The molecule has 4 heteroatoms. The summed E-state index contributed by atoms with van der Waals surface area (Å²) in [5.41, 5.74) is 2.51. The van der Waals surface area contributed by atoms with Gasteiger partial charge in [-0.1, -0.05) is 45.0 Å². The van der Waals surface area contributed by atoms with E-state index in [9.17, 15) is 4.79 Å². The molecule has 1 saturated heterocycles. The fourth-order valence-electron chi connectivity index (χ4n) is 3.70. The zero-order valence-electron chi connectivity index (χ0n) is 15.6. The molecule has 1 heterocycles. The summed E-state index contributed by atoms with van der Waals surface area (Å²) in [6, 6.07) is 8.66. The van der Waals surface area contributed by atoms with E-state index >= 15 is 0 Å². The number of carbonyl (C=O) groups is 1. The van der Waals surface area contributed by atoms with Crippen LogP contribution in [0.3, 0.4) is 0 Å². The van der Waals surface area contributed by atoms with Crippen molar-refractivity contribution >= 4 is 5.91 Å². The summed E-state index contributed by atoms with van der Waals surface area (Å²) >= 11 is 0. The summed E-state index contributed by atoms with van der Waals surface area (Å²) in [5, 5.41) is 6.04. The van der Waals surface area contributed by atoms with Crippen molar-refractivity contribution in [1.82, 2.24) is 15.5 Å². The Hall–Kier alpha value is -1.39. The van der Waals surface area contributed by atoms with Crippen LogP contribution < -0.4 is 10.6 Å². The first-order valence-electron chi connectivity index (χ1n) is 9.20. The minimum atomic E-state index is -0.00245. The van der Waals surface area contributed by atoms with Gasteiger partial charge in [-0.2, -0.15) is 0 Å². The number of likely N-dealkylation sites (tertiary alicyclic amines) is 1. The number of amides is 1. The first kappa shape index (κ1) is 18.9. The normalized spacial score (nSPS) is 23.0. The summed E-state index contributed by atoms with van der Waals surface area (Å²) in [6.45, 7) is 11.4. The summed E-state index contributed by atoms with van der Waals surface area (Å²) in [6.07, 6.45) is 1.35. The van der Waals surface area contributed by atoms with E-state index in [2.05, 4.69) is 53.6 Å². The topological polar surface area (TPSA) is 44.4 Å². The van der Waals surface area contributed by atoms with E-state index in [0.29, 0.717) is 13.1 Å². The van der Waals surface area contributed by atoms with Gasteiger partial charge in [0, 0.05) is 38.6 Å². The van der Waals surface area contributed by atoms with Crippen molar-refractivity contribution in [3.05, 3.63) is 35.4 Å². The smallest absolute Gasteiger partial charge is 0.224 e. The molecule has 1 aromatic rings. The van der Waals surface area contributed by atoms with Gasteiger partial charge < -0.3 is 10.6 Å². The summed E-state index contributed by atoms with van der Waals surface area (Å²) < 4.78 is 0. The van der Waals surface area contributed by atoms with Gasteiger partial charge in [-0.15, -0.1) is 0 Å². The second kappa shape index (κ2) is 9.19. The summed E-state index contributed by atoms with van der Waals surface area (Å²) in [7, 11) is 1.87. The van der Waals surface area contributed by atoms with Crippen LogP contribution in [0, 0.1) is 17.8 Å². The van der Waals surface area contributed by atoms with Crippen LogP contribution in [0.4, 0.5) is 0 Å².